The van der Waals surface area contributed by atoms with E-state index >= 15 is 0 Å². The summed E-state index contributed by atoms with van der Waals surface area (Å²) < 4.78 is 10.3. The van der Waals surface area contributed by atoms with Crippen molar-refractivity contribution in [3.8, 4) is 12.1 Å². The van der Waals surface area contributed by atoms with E-state index in [1.165, 1.54) is 40.9 Å². The number of hydrogen-bond acceptors (Lipinski definition) is 5. The summed E-state index contributed by atoms with van der Waals surface area (Å²) in [4.78, 5) is 2.28. The van der Waals surface area contributed by atoms with Crippen LogP contribution in [-0.4, -0.2) is 9.13 Å². The molecule has 0 unspecified atom stereocenters. The molecule has 166 valence electrons. The Morgan fingerprint density at radius 1 is 0.758 bits per heavy atom. The number of aromatic nitrogens is 2. The van der Waals surface area contributed by atoms with Crippen molar-refractivity contribution in [1.82, 2.24) is 9.13 Å². The fourth-order valence-corrected chi connectivity index (χ4v) is 8.45. The molecule has 0 bridgehead atoms. The number of fused-ring (bicyclic) bond motifs is 7. The Hall–Kier alpha value is -2.84. The second-order valence-corrected chi connectivity index (χ2v) is 11.6. The smallest absolute Gasteiger partial charge is 0.0944 e. The fourth-order valence-electron chi connectivity index (χ4n) is 4.53. The minimum absolute atomic E-state index is 0.733. The lowest BCUT2D eigenvalue weighted by Gasteiger charge is -2.07. The largest absolute Gasteiger partial charge is 0.337 e. The normalized spacial score (nSPS) is 13.0. The van der Waals surface area contributed by atoms with Crippen LogP contribution in [-0.2, 0) is 13.1 Å². The van der Waals surface area contributed by atoms with Gasteiger partial charge in [0.1, 0.15) is 0 Å². The molecule has 7 heteroatoms. The molecule has 0 amide bonds. The first-order valence-electron chi connectivity index (χ1n) is 11.2. The monoisotopic (exact) mass is 488 g/mol. The van der Waals surface area contributed by atoms with Gasteiger partial charge < -0.3 is 9.13 Å². The summed E-state index contributed by atoms with van der Waals surface area (Å²) in [6, 6.07) is 8.98. The molecule has 0 fully saturated rings. The molecule has 0 aliphatic rings. The standard InChI is InChI=1S/C26H24N4S3/c1-5-7-29-19-11-17(9-15(3)13-27)31-23(19)25-21(29)22-26(33-25)24-20(30(22)8-6-2)12-18(32-24)10-16(4)14-28/h9-12H,5-8H2,1-4H3/b15-9-,16-10-. The molecule has 0 aromatic carbocycles. The highest BCUT2D eigenvalue weighted by molar-refractivity contribution is 7.34. The van der Waals surface area contributed by atoms with Crippen LogP contribution in [0.15, 0.2) is 23.3 Å². The van der Waals surface area contributed by atoms with Crippen LogP contribution in [0.5, 0.6) is 0 Å². The first-order chi connectivity index (χ1) is 16.0. The molecule has 0 atom stereocenters. The predicted octanol–water partition coefficient (Wildman–Crippen LogP) is 8.76. The van der Waals surface area contributed by atoms with Crippen LogP contribution in [0.3, 0.4) is 0 Å². The van der Waals surface area contributed by atoms with Gasteiger partial charge in [0.15, 0.2) is 0 Å². The molecule has 0 saturated heterocycles. The Bertz CT molecular complexity index is 1550. The van der Waals surface area contributed by atoms with Gasteiger partial charge in [0.05, 0.1) is 53.0 Å². The highest BCUT2D eigenvalue weighted by Crippen LogP contribution is 2.49. The van der Waals surface area contributed by atoms with Crippen molar-refractivity contribution in [2.24, 2.45) is 0 Å². The third-order valence-corrected chi connectivity index (χ3v) is 9.46. The summed E-state index contributed by atoms with van der Waals surface area (Å²) in [6.45, 7) is 10.1. The molecule has 0 radical (unpaired) electrons. The van der Waals surface area contributed by atoms with Crippen LogP contribution in [0, 0.1) is 22.7 Å². The van der Waals surface area contributed by atoms with Crippen molar-refractivity contribution in [2.75, 3.05) is 0 Å². The fraction of sp³-hybridized carbons (Fsp3) is 0.308. The molecule has 5 heterocycles. The minimum atomic E-state index is 0.733. The predicted molar refractivity (Wildman–Crippen MR) is 145 cm³/mol. The Labute approximate surface area is 204 Å². The van der Waals surface area contributed by atoms with Crippen LogP contribution in [0.4, 0.5) is 0 Å². The van der Waals surface area contributed by atoms with E-state index in [2.05, 4.69) is 47.3 Å². The number of aryl methyl sites for hydroxylation is 2. The van der Waals surface area contributed by atoms with Crippen molar-refractivity contribution in [2.45, 2.75) is 53.6 Å². The molecule has 0 saturated carbocycles. The molecule has 5 aromatic heterocycles. The maximum Gasteiger partial charge on any atom is 0.0944 e. The number of allylic oxidation sites excluding steroid dienone is 2. The summed E-state index contributed by atoms with van der Waals surface area (Å²) in [6.07, 6.45) is 6.12. The Morgan fingerprint density at radius 3 is 1.55 bits per heavy atom. The summed E-state index contributed by atoms with van der Waals surface area (Å²) in [5.41, 5.74) is 6.74. The average Bonchev–Trinajstić information content (AvgIpc) is 3.56. The molecule has 0 aliphatic carbocycles. The highest BCUT2D eigenvalue weighted by Gasteiger charge is 2.24. The first kappa shape index (κ1) is 22.0. The summed E-state index contributed by atoms with van der Waals surface area (Å²) in [7, 11) is 0. The zero-order valence-electron chi connectivity index (χ0n) is 19.2. The Morgan fingerprint density at radius 2 is 1.18 bits per heavy atom. The summed E-state index contributed by atoms with van der Waals surface area (Å²) >= 11 is 5.47. The van der Waals surface area contributed by atoms with Crippen molar-refractivity contribution in [1.29, 1.82) is 10.5 Å². The van der Waals surface area contributed by atoms with Gasteiger partial charge in [-0.05, 0) is 51.0 Å². The van der Waals surface area contributed by atoms with Crippen LogP contribution in [0.1, 0.15) is 50.3 Å². The zero-order chi connectivity index (χ0) is 23.3. The lowest BCUT2D eigenvalue weighted by atomic mass is 10.3. The average molecular weight is 489 g/mol. The van der Waals surface area contributed by atoms with Crippen LogP contribution in [0.2, 0.25) is 0 Å². The second-order valence-electron chi connectivity index (χ2n) is 8.37. The van der Waals surface area contributed by atoms with Gasteiger partial charge in [-0.25, -0.2) is 0 Å². The third kappa shape index (κ3) is 3.43. The van der Waals surface area contributed by atoms with E-state index in [0.29, 0.717) is 0 Å². The maximum absolute atomic E-state index is 9.21. The Kier molecular flexibility index (Phi) is 5.66. The quantitative estimate of drug-likeness (QED) is 0.224. The lowest BCUT2D eigenvalue weighted by molar-refractivity contribution is 0.711. The van der Waals surface area contributed by atoms with Gasteiger partial charge in [0, 0.05) is 34.0 Å². The van der Waals surface area contributed by atoms with E-state index in [-0.39, 0.29) is 0 Å². The SMILES string of the molecule is CCCn1c2cc(/C=C(/C)C#N)sc2c2sc3c4sc(/C=C(/C)C#N)cc4n(CCC)c3c21. The van der Waals surface area contributed by atoms with Crippen molar-refractivity contribution < 1.29 is 0 Å². The lowest BCUT2D eigenvalue weighted by Crippen LogP contribution is -1.99. The molecule has 0 aliphatic heterocycles. The van der Waals surface area contributed by atoms with E-state index in [1.54, 1.807) is 22.7 Å². The number of nitrogens with zero attached hydrogens (tertiary/aromatic N) is 4. The van der Waals surface area contributed by atoms with Crippen LogP contribution in [0.25, 0.3) is 53.0 Å². The van der Waals surface area contributed by atoms with E-state index in [1.807, 2.05) is 37.3 Å². The van der Waals surface area contributed by atoms with Crippen molar-refractivity contribution in [3.63, 3.8) is 0 Å². The van der Waals surface area contributed by atoms with Crippen LogP contribution < -0.4 is 0 Å². The van der Waals surface area contributed by atoms with E-state index in [9.17, 15) is 10.5 Å². The van der Waals surface area contributed by atoms with Gasteiger partial charge in [-0.15, -0.1) is 34.0 Å². The maximum atomic E-state index is 9.21. The molecule has 0 N–H and O–H groups in total. The van der Waals surface area contributed by atoms with E-state index < -0.39 is 0 Å². The van der Waals surface area contributed by atoms with E-state index in [4.69, 9.17) is 0 Å². The van der Waals surface area contributed by atoms with Gasteiger partial charge in [-0.2, -0.15) is 10.5 Å². The van der Waals surface area contributed by atoms with Gasteiger partial charge in [0.25, 0.3) is 0 Å². The third-order valence-electron chi connectivity index (χ3n) is 5.82. The molecule has 5 aromatic rings. The molecule has 33 heavy (non-hydrogen) atoms. The molecule has 4 nitrogen and oxygen atoms in total. The number of hydrogen-bond donors (Lipinski definition) is 0. The van der Waals surface area contributed by atoms with Crippen molar-refractivity contribution in [3.05, 3.63) is 33.0 Å². The van der Waals surface area contributed by atoms with Gasteiger partial charge in [-0.3, -0.25) is 0 Å². The van der Waals surface area contributed by atoms with E-state index in [0.717, 1.165) is 46.8 Å². The van der Waals surface area contributed by atoms with Crippen molar-refractivity contribution >= 4 is 87.0 Å². The van der Waals surface area contributed by atoms with Gasteiger partial charge in [0.2, 0.25) is 0 Å². The molecule has 0 spiro atoms. The summed E-state index contributed by atoms with van der Waals surface area (Å²) in [5, 5.41) is 18.4. The topological polar surface area (TPSA) is 57.4 Å². The number of thiophene rings is 3. The minimum Gasteiger partial charge on any atom is -0.337 e. The Balaban J connectivity index is 1.86. The number of rotatable bonds is 6. The van der Waals surface area contributed by atoms with Crippen LogP contribution >= 0.6 is 34.0 Å². The summed E-state index contributed by atoms with van der Waals surface area (Å²) in [5.74, 6) is 0. The number of nitriles is 2. The first-order valence-corrected chi connectivity index (χ1v) is 13.6. The molecule has 5 rings (SSSR count). The van der Waals surface area contributed by atoms with Gasteiger partial charge in [-0.1, -0.05) is 13.8 Å². The van der Waals surface area contributed by atoms with Gasteiger partial charge >= 0.3 is 0 Å². The highest BCUT2D eigenvalue weighted by atomic mass is 32.1. The molecular formula is C26H24N4S3. The second kappa shape index (κ2) is 8.50. The molecular weight excluding hydrogens is 465 g/mol. The zero-order valence-corrected chi connectivity index (χ0v) is 21.6.